The van der Waals surface area contributed by atoms with E-state index in [0.29, 0.717) is 17.9 Å². The van der Waals surface area contributed by atoms with E-state index in [-0.39, 0.29) is 5.91 Å². The molecule has 1 aromatic heterocycles. The Hall–Kier alpha value is -2.40. The lowest BCUT2D eigenvalue weighted by Gasteiger charge is -2.06. The number of carbonyl (C=O) groups is 1. The molecule has 104 valence electrons. The largest absolute Gasteiger partial charge is 0.352 e. The predicted octanol–water partition coefficient (Wildman–Crippen LogP) is 1.73. The molecule has 5 nitrogen and oxygen atoms in total. The van der Waals surface area contributed by atoms with Crippen molar-refractivity contribution in [2.75, 3.05) is 12.0 Å². The van der Waals surface area contributed by atoms with Crippen molar-refractivity contribution in [2.24, 2.45) is 5.84 Å². The van der Waals surface area contributed by atoms with Gasteiger partial charge in [-0.15, -0.1) is 0 Å². The Balaban J connectivity index is 1.74. The van der Waals surface area contributed by atoms with Crippen LogP contribution in [0.5, 0.6) is 0 Å². The number of nitrogens with one attached hydrogen (secondary N) is 2. The average molecular weight is 270 g/mol. The van der Waals surface area contributed by atoms with Crippen LogP contribution in [-0.2, 0) is 6.42 Å². The van der Waals surface area contributed by atoms with Crippen LogP contribution in [0.4, 0.5) is 5.82 Å². The number of benzene rings is 1. The molecule has 0 radical (unpaired) electrons. The molecule has 0 atom stereocenters. The molecule has 0 unspecified atom stereocenters. The standard InChI is InChI=1S/C15H18N4O/c16-19-14-9-8-13(11-18-14)15(20)17-10-4-7-12-5-2-1-3-6-12/h1-3,5-6,8-9,11H,4,7,10,16H2,(H,17,20)(H,18,19). The number of aryl methyl sites for hydroxylation is 1. The molecular weight excluding hydrogens is 252 g/mol. The van der Waals surface area contributed by atoms with Gasteiger partial charge in [-0.3, -0.25) is 4.79 Å². The number of pyridine rings is 1. The summed E-state index contributed by atoms with van der Waals surface area (Å²) in [4.78, 5) is 15.8. The summed E-state index contributed by atoms with van der Waals surface area (Å²) in [5, 5.41) is 2.88. The fourth-order valence-electron chi connectivity index (χ4n) is 1.85. The fourth-order valence-corrected chi connectivity index (χ4v) is 1.85. The SMILES string of the molecule is NNc1ccc(C(=O)NCCCc2ccccc2)cn1. The highest BCUT2D eigenvalue weighted by atomic mass is 16.1. The number of anilines is 1. The van der Waals surface area contributed by atoms with Crippen LogP contribution in [0.15, 0.2) is 48.7 Å². The molecule has 1 heterocycles. The second-order valence-corrected chi connectivity index (χ2v) is 4.42. The van der Waals surface area contributed by atoms with Gasteiger partial charge in [-0.2, -0.15) is 0 Å². The minimum absolute atomic E-state index is 0.117. The molecule has 20 heavy (non-hydrogen) atoms. The van der Waals surface area contributed by atoms with E-state index in [4.69, 9.17) is 5.84 Å². The number of carbonyl (C=O) groups excluding carboxylic acids is 1. The predicted molar refractivity (Wildman–Crippen MR) is 79.1 cm³/mol. The van der Waals surface area contributed by atoms with Crippen LogP contribution in [0.25, 0.3) is 0 Å². The Morgan fingerprint density at radius 3 is 2.60 bits per heavy atom. The third kappa shape index (κ3) is 4.07. The molecule has 0 aliphatic rings. The zero-order chi connectivity index (χ0) is 14.2. The summed E-state index contributed by atoms with van der Waals surface area (Å²) in [5.74, 6) is 5.63. The van der Waals surface area contributed by atoms with Crippen molar-refractivity contribution in [3.63, 3.8) is 0 Å². The first-order valence-electron chi connectivity index (χ1n) is 6.54. The third-order valence-electron chi connectivity index (χ3n) is 2.94. The molecule has 0 fully saturated rings. The van der Waals surface area contributed by atoms with E-state index in [1.165, 1.54) is 11.8 Å². The summed E-state index contributed by atoms with van der Waals surface area (Å²) < 4.78 is 0. The van der Waals surface area contributed by atoms with Crippen molar-refractivity contribution in [1.29, 1.82) is 0 Å². The summed E-state index contributed by atoms with van der Waals surface area (Å²) in [7, 11) is 0. The van der Waals surface area contributed by atoms with Gasteiger partial charge in [-0.25, -0.2) is 10.8 Å². The number of hydrogen-bond donors (Lipinski definition) is 3. The number of hydrogen-bond acceptors (Lipinski definition) is 4. The highest BCUT2D eigenvalue weighted by Crippen LogP contribution is 2.04. The van der Waals surface area contributed by atoms with Crippen LogP contribution >= 0.6 is 0 Å². The summed E-state index contributed by atoms with van der Waals surface area (Å²) in [6, 6.07) is 13.6. The molecule has 0 bridgehead atoms. The molecule has 1 amide bonds. The van der Waals surface area contributed by atoms with Gasteiger partial charge in [0.25, 0.3) is 5.91 Å². The molecule has 0 aliphatic carbocycles. The first kappa shape index (κ1) is 14.0. The number of nitrogens with two attached hydrogens (primary N) is 1. The number of nitrogens with zero attached hydrogens (tertiary/aromatic N) is 1. The monoisotopic (exact) mass is 270 g/mol. The molecular formula is C15H18N4O. The maximum absolute atomic E-state index is 11.9. The van der Waals surface area contributed by atoms with E-state index in [2.05, 4.69) is 27.9 Å². The number of aromatic nitrogens is 1. The van der Waals surface area contributed by atoms with Crippen molar-refractivity contribution < 1.29 is 4.79 Å². The maximum atomic E-state index is 11.9. The summed E-state index contributed by atoms with van der Waals surface area (Å²) in [6.07, 6.45) is 3.36. The van der Waals surface area contributed by atoms with Gasteiger partial charge in [0.2, 0.25) is 0 Å². The van der Waals surface area contributed by atoms with Gasteiger partial charge < -0.3 is 10.7 Å². The van der Waals surface area contributed by atoms with Gasteiger partial charge in [0.05, 0.1) is 5.56 Å². The molecule has 0 aliphatic heterocycles. The first-order chi connectivity index (χ1) is 9.79. The van der Waals surface area contributed by atoms with Crippen molar-refractivity contribution in [2.45, 2.75) is 12.8 Å². The number of nitrogen functional groups attached to an aromatic ring is 1. The normalized spacial score (nSPS) is 10.1. The van der Waals surface area contributed by atoms with Gasteiger partial charge in [-0.1, -0.05) is 30.3 Å². The van der Waals surface area contributed by atoms with Crippen LogP contribution < -0.4 is 16.6 Å². The topological polar surface area (TPSA) is 80.0 Å². The van der Waals surface area contributed by atoms with Gasteiger partial charge in [-0.05, 0) is 30.5 Å². The van der Waals surface area contributed by atoms with E-state index in [1.54, 1.807) is 12.1 Å². The van der Waals surface area contributed by atoms with Crippen molar-refractivity contribution in [3.05, 3.63) is 59.8 Å². The van der Waals surface area contributed by atoms with Crippen LogP contribution in [0.2, 0.25) is 0 Å². The van der Waals surface area contributed by atoms with Gasteiger partial charge >= 0.3 is 0 Å². The Morgan fingerprint density at radius 1 is 1.15 bits per heavy atom. The zero-order valence-electron chi connectivity index (χ0n) is 11.2. The van der Waals surface area contributed by atoms with Crippen LogP contribution in [0, 0.1) is 0 Å². The second kappa shape index (κ2) is 7.25. The average Bonchev–Trinajstić information content (AvgIpc) is 2.52. The molecule has 1 aromatic carbocycles. The van der Waals surface area contributed by atoms with Crippen molar-refractivity contribution in [1.82, 2.24) is 10.3 Å². The number of rotatable bonds is 6. The lowest BCUT2D eigenvalue weighted by atomic mass is 10.1. The zero-order valence-corrected chi connectivity index (χ0v) is 11.2. The van der Waals surface area contributed by atoms with Gasteiger partial charge in [0.15, 0.2) is 0 Å². The molecule has 2 rings (SSSR count). The van der Waals surface area contributed by atoms with Crippen LogP contribution in [0.3, 0.4) is 0 Å². The second-order valence-electron chi connectivity index (χ2n) is 4.42. The van der Waals surface area contributed by atoms with E-state index in [9.17, 15) is 4.79 Å². The minimum Gasteiger partial charge on any atom is -0.352 e. The van der Waals surface area contributed by atoms with E-state index < -0.39 is 0 Å². The molecule has 0 spiro atoms. The number of hydrazine groups is 1. The lowest BCUT2D eigenvalue weighted by molar-refractivity contribution is 0.0953. The highest BCUT2D eigenvalue weighted by molar-refractivity contribution is 5.93. The van der Waals surface area contributed by atoms with E-state index in [0.717, 1.165) is 12.8 Å². The molecule has 0 saturated heterocycles. The molecule has 0 saturated carbocycles. The lowest BCUT2D eigenvalue weighted by Crippen LogP contribution is -2.25. The minimum atomic E-state index is -0.117. The summed E-state index contributed by atoms with van der Waals surface area (Å²) in [5.41, 5.74) is 4.23. The molecule has 5 heteroatoms. The summed E-state index contributed by atoms with van der Waals surface area (Å²) >= 11 is 0. The Bertz CT molecular complexity index is 540. The quantitative estimate of drug-likeness (QED) is 0.424. The van der Waals surface area contributed by atoms with Gasteiger partial charge in [0.1, 0.15) is 5.82 Å². The first-order valence-corrected chi connectivity index (χ1v) is 6.54. The Morgan fingerprint density at radius 2 is 1.95 bits per heavy atom. The Kier molecular flexibility index (Phi) is 5.08. The third-order valence-corrected chi connectivity index (χ3v) is 2.94. The molecule has 4 N–H and O–H groups in total. The molecule has 2 aromatic rings. The fraction of sp³-hybridized carbons (Fsp3) is 0.200. The Labute approximate surface area is 118 Å². The highest BCUT2D eigenvalue weighted by Gasteiger charge is 2.05. The van der Waals surface area contributed by atoms with Crippen LogP contribution in [0.1, 0.15) is 22.3 Å². The smallest absolute Gasteiger partial charge is 0.252 e. The van der Waals surface area contributed by atoms with E-state index in [1.807, 2.05) is 18.2 Å². The van der Waals surface area contributed by atoms with Crippen molar-refractivity contribution in [3.8, 4) is 0 Å². The van der Waals surface area contributed by atoms with Crippen molar-refractivity contribution >= 4 is 11.7 Å². The maximum Gasteiger partial charge on any atom is 0.252 e. The van der Waals surface area contributed by atoms with Crippen LogP contribution in [-0.4, -0.2) is 17.4 Å². The van der Waals surface area contributed by atoms with E-state index >= 15 is 0 Å². The summed E-state index contributed by atoms with van der Waals surface area (Å²) in [6.45, 7) is 0.643. The van der Waals surface area contributed by atoms with Gasteiger partial charge in [0, 0.05) is 12.7 Å². The number of amides is 1.